The molecule has 34 heavy (non-hydrogen) atoms. The van der Waals surface area contributed by atoms with E-state index in [1.807, 2.05) is 36.4 Å². The second kappa shape index (κ2) is 10.4. The minimum absolute atomic E-state index is 0.139. The van der Waals surface area contributed by atoms with Gasteiger partial charge in [0, 0.05) is 11.1 Å². The molecule has 12 heteroatoms. The maximum Gasteiger partial charge on any atom is 0.264 e. The van der Waals surface area contributed by atoms with Crippen LogP contribution in [0.1, 0.15) is 23.7 Å². The van der Waals surface area contributed by atoms with Gasteiger partial charge in [-0.3, -0.25) is 8.37 Å². The molecule has 0 aliphatic carbocycles. The Balaban J connectivity index is 1.67. The molecule has 0 N–H and O–H groups in total. The van der Waals surface area contributed by atoms with Crippen molar-refractivity contribution < 1.29 is 44.1 Å². The number of hydrogen-bond donors (Lipinski definition) is 0. The zero-order valence-corrected chi connectivity index (χ0v) is 20.2. The standard InChI is InChI=1S/C22H26O10S2/c1-33(23,24)31-17-13-27-21(15-9-5-3-6-10-15)29-19(17)20-18(32-34(2,25)26)14-28-22(30-20)16-11-7-4-8-12-16/h3-12,17-22H,13-14H2,1-2H3/t17-,18-,19-,20-,21-,22-/m1/s1. The molecule has 2 fully saturated rings. The molecule has 0 amide bonds. The molecule has 2 aromatic carbocycles. The van der Waals surface area contributed by atoms with Crippen molar-refractivity contribution in [2.75, 3.05) is 25.7 Å². The van der Waals surface area contributed by atoms with E-state index in [0.29, 0.717) is 11.1 Å². The highest BCUT2D eigenvalue weighted by Gasteiger charge is 2.48. The molecule has 10 nitrogen and oxygen atoms in total. The predicted molar refractivity (Wildman–Crippen MR) is 119 cm³/mol. The number of benzene rings is 2. The third kappa shape index (κ3) is 6.61. The molecule has 2 heterocycles. The molecule has 0 aromatic heterocycles. The van der Waals surface area contributed by atoms with Crippen LogP contribution in [0.3, 0.4) is 0 Å². The average Bonchev–Trinajstić information content (AvgIpc) is 2.79. The van der Waals surface area contributed by atoms with Gasteiger partial charge in [0.25, 0.3) is 20.2 Å². The summed E-state index contributed by atoms with van der Waals surface area (Å²) in [6.45, 7) is -0.279. The van der Waals surface area contributed by atoms with Crippen molar-refractivity contribution in [2.45, 2.75) is 37.0 Å². The fourth-order valence-corrected chi connectivity index (χ4v) is 5.08. The summed E-state index contributed by atoms with van der Waals surface area (Å²) in [5.41, 5.74) is 1.38. The summed E-state index contributed by atoms with van der Waals surface area (Å²) in [5, 5.41) is 0. The van der Waals surface area contributed by atoms with E-state index in [1.54, 1.807) is 24.3 Å². The zero-order valence-electron chi connectivity index (χ0n) is 18.6. The van der Waals surface area contributed by atoms with E-state index in [4.69, 9.17) is 27.3 Å². The van der Waals surface area contributed by atoms with Crippen molar-refractivity contribution in [3.05, 3.63) is 71.8 Å². The van der Waals surface area contributed by atoms with Crippen LogP contribution in [-0.4, -0.2) is 67.0 Å². The highest BCUT2D eigenvalue weighted by Crippen LogP contribution is 2.37. The van der Waals surface area contributed by atoms with Crippen LogP contribution in [0.5, 0.6) is 0 Å². The monoisotopic (exact) mass is 514 g/mol. The van der Waals surface area contributed by atoms with Gasteiger partial charge in [0.2, 0.25) is 0 Å². The van der Waals surface area contributed by atoms with E-state index in [-0.39, 0.29) is 13.2 Å². The Kier molecular flexibility index (Phi) is 7.69. The van der Waals surface area contributed by atoms with Crippen LogP contribution in [0.2, 0.25) is 0 Å². The predicted octanol–water partition coefficient (Wildman–Crippen LogP) is 1.90. The first-order valence-corrected chi connectivity index (χ1v) is 14.1. The lowest BCUT2D eigenvalue weighted by atomic mass is 10.0. The van der Waals surface area contributed by atoms with E-state index in [2.05, 4.69) is 0 Å². The Hall–Kier alpha value is -1.90. The summed E-state index contributed by atoms with van der Waals surface area (Å²) in [6.07, 6.45) is -4.23. The number of hydrogen-bond acceptors (Lipinski definition) is 10. The lowest BCUT2D eigenvalue weighted by Gasteiger charge is -2.44. The lowest BCUT2D eigenvalue weighted by Crippen LogP contribution is -2.57. The van der Waals surface area contributed by atoms with E-state index in [9.17, 15) is 16.8 Å². The zero-order chi connectivity index (χ0) is 24.3. The molecule has 0 unspecified atom stereocenters. The molecule has 186 valence electrons. The van der Waals surface area contributed by atoms with Crippen LogP contribution in [-0.2, 0) is 47.5 Å². The third-order valence-corrected chi connectivity index (χ3v) is 6.38. The van der Waals surface area contributed by atoms with Gasteiger partial charge in [-0.2, -0.15) is 16.8 Å². The largest absolute Gasteiger partial charge is 0.346 e. The Labute approximate surface area is 198 Å². The number of rotatable bonds is 7. The van der Waals surface area contributed by atoms with Crippen LogP contribution in [0.15, 0.2) is 60.7 Å². The molecule has 2 saturated heterocycles. The summed E-state index contributed by atoms with van der Waals surface area (Å²) in [6, 6.07) is 18.1. The second-order valence-corrected chi connectivity index (χ2v) is 11.2. The molecule has 0 saturated carbocycles. The summed E-state index contributed by atoms with van der Waals surface area (Å²) < 4.78 is 82.0. The minimum Gasteiger partial charge on any atom is -0.346 e. The van der Waals surface area contributed by atoms with Crippen LogP contribution in [0.25, 0.3) is 0 Å². The first-order valence-electron chi connectivity index (χ1n) is 10.5. The lowest BCUT2D eigenvalue weighted by molar-refractivity contribution is -0.325. The normalized spacial score (nSPS) is 30.6. The first-order chi connectivity index (χ1) is 16.1. The highest BCUT2D eigenvalue weighted by atomic mass is 32.2. The van der Waals surface area contributed by atoms with Crippen LogP contribution < -0.4 is 0 Å². The molecule has 0 radical (unpaired) electrons. The van der Waals surface area contributed by atoms with Crippen molar-refractivity contribution in [3.63, 3.8) is 0 Å². The maximum absolute atomic E-state index is 11.9. The summed E-state index contributed by atoms with van der Waals surface area (Å²) in [5.74, 6) is 0. The van der Waals surface area contributed by atoms with Gasteiger partial charge >= 0.3 is 0 Å². The Morgan fingerprint density at radius 2 is 1.00 bits per heavy atom. The van der Waals surface area contributed by atoms with Crippen molar-refractivity contribution in [2.24, 2.45) is 0 Å². The SMILES string of the molecule is CS(=O)(=O)O[C@@H]1CO[C@@H](c2ccccc2)O[C@H]1[C@@H]1O[C@H](c2ccccc2)OC[C@H]1OS(C)(=O)=O. The molecule has 2 aliphatic heterocycles. The smallest absolute Gasteiger partial charge is 0.264 e. The molecule has 2 aromatic rings. The summed E-state index contributed by atoms with van der Waals surface area (Å²) >= 11 is 0. The van der Waals surface area contributed by atoms with E-state index < -0.39 is 57.2 Å². The molecular formula is C22H26O10S2. The van der Waals surface area contributed by atoms with Crippen molar-refractivity contribution in [1.82, 2.24) is 0 Å². The fourth-order valence-electron chi connectivity index (χ4n) is 3.86. The van der Waals surface area contributed by atoms with E-state index in [0.717, 1.165) is 12.5 Å². The summed E-state index contributed by atoms with van der Waals surface area (Å²) in [7, 11) is -7.80. The van der Waals surface area contributed by atoms with Crippen LogP contribution in [0, 0.1) is 0 Å². The van der Waals surface area contributed by atoms with Gasteiger partial charge in [0.15, 0.2) is 12.6 Å². The topological polar surface area (TPSA) is 124 Å². The highest BCUT2D eigenvalue weighted by molar-refractivity contribution is 7.86. The minimum atomic E-state index is -3.90. The summed E-state index contributed by atoms with van der Waals surface area (Å²) in [4.78, 5) is 0. The molecular weight excluding hydrogens is 488 g/mol. The van der Waals surface area contributed by atoms with E-state index in [1.165, 1.54) is 0 Å². The quantitative estimate of drug-likeness (QED) is 0.506. The van der Waals surface area contributed by atoms with Crippen molar-refractivity contribution in [3.8, 4) is 0 Å². The second-order valence-electron chi connectivity index (χ2n) is 8.03. The van der Waals surface area contributed by atoms with Crippen LogP contribution >= 0.6 is 0 Å². The fraction of sp³-hybridized carbons (Fsp3) is 0.455. The van der Waals surface area contributed by atoms with Crippen molar-refractivity contribution >= 4 is 20.2 Å². The Bertz CT molecular complexity index is 1060. The van der Waals surface area contributed by atoms with Gasteiger partial charge in [-0.25, -0.2) is 0 Å². The Morgan fingerprint density at radius 3 is 1.32 bits per heavy atom. The molecule has 6 atom stereocenters. The van der Waals surface area contributed by atoms with Crippen LogP contribution in [0.4, 0.5) is 0 Å². The van der Waals surface area contributed by atoms with E-state index >= 15 is 0 Å². The van der Waals surface area contributed by atoms with Gasteiger partial charge in [-0.05, 0) is 0 Å². The third-order valence-electron chi connectivity index (χ3n) is 5.18. The molecule has 0 spiro atoms. The maximum atomic E-state index is 11.9. The molecule has 4 rings (SSSR count). The van der Waals surface area contributed by atoms with Gasteiger partial charge in [0.05, 0.1) is 25.7 Å². The first kappa shape index (κ1) is 25.2. The number of ether oxygens (including phenoxy) is 4. The molecule has 2 aliphatic rings. The van der Waals surface area contributed by atoms with Gasteiger partial charge < -0.3 is 18.9 Å². The van der Waals surface area contributed by atoms with Gasteiger partial charge in [-0.1, -0.05) is 60.7 Å². The van der Waals surface area contributed by atoms with Crippen molar-refractivity contribution in [1.29, 1.82) is 0 Å². The molecule has 0 bridgehead atoms. The average molecular weight is 515 g/mol. The van der Waals surface area contributed by atoms with Gasteiger partial charge in [0.1, 0.15) is 24.4 Å². The Morgan fingerprint density at radius 1 is 0.647 bits per heavy atom. The van der Waals surface area contributed by atoms with Gasteiger partial charge in [-0.15, -0.1) is 0 Å².